The molecular weight excluding hydrogens is 244 g/mol. The summed E-state index contributed by atoms with van der Waals surface area (Å²) in [5.41, 5.74) is 6.66. The number of hydrogen-bond acceptors (Lipinski definition) is 6. The summed E-state index contributed by atoms with van der Waals surface area (Å²) in [4.78, 5) is 0. The van der Waals surface area contributed by atoms with E-state index in [1.54, 1.807) is 0 Å². The maximum atomic E-state index is 5.81. The molecule has 3 rings (SSSR count). The number of benzene rings is 1. The Hall–Kier alpha value is -2.08. The quantitative estimate of drug-likeness (QED) is 0.833. The van der Waals surface area contributed by atoms with Crippen molar-refractivity contribution in [3.8, 4) is 5.75 Å². The average molecular weight is 260 g/mol. The molecule has 1 aromatic carbocycles. The van der Waals surface area contributed by atoms with Crippen molar-refractivity contribution in [1.29, 1.82) is 0 Å². The Morgan fingerprint density at radius 2 is 2.21 bits per heavy atom. The summed E-state index contributed by atoms with van der Waals surface area (Å²) in [5, 5.41) is 10.9. The third kappa shape index (κ3) is 2.68. The second kappa shape index (κ2) is 5.27. The molecule has 1 aromatic heterocycles. The minimum absolute atomic E-state index is 0.0993. The van der Waals surface area contributed by atoms with E-state index in [-0.39, 0.29) is 6.10 Å². The first-order valence-electron chi connectivity index (χ1n) is 6.36. The van der Waals surface area contributed by atoms with Gasteiger partial charge in [0.15, 0.2) is 0 Å². The number of anilines is 1. The molecule has 6 nitrogen and oxygen atoms in total. The average Bonchev–Trinajstić information content (AvgIpc) is 3.02. The molecule has 1 unspecified atom stereocenters. The smallest absolute Gasteiger partial charge is 0.315 e. The van der Waals surface area contributed by atoms with Crippen molar-refractivity contribution >= 4 is 6.01 Å². The third-order valence-electron chi connectivity index (χ3n) is 3.02. The van der Waals surface area contributed by atoms with Crippen LogP contribution in [0.4, 0.5) is 6.01 Å². The van der Waals surface area contributed by atoms with Gasteiger partial charge in [-0.25, -0.2) is 0 Å². The molecule has 0 amide bonds. The number of rotatable bonds is 5. The summed E-state index contributed by atoms with van der Waals surface area (Å²) in [6.45, 7) is 1.14. The van der Waals surface area contributed by atoms with Crippen LogP contribution in [-0.2, 0) is 12.8 Å². The summed E-state index contributed by atoms with van der Waals surface area (Å²) in [6, 6.07) is 8.49. The van der Waals surface area contributed by atoms with Crippen LogP contribution in [0.2, 0.25) is 0 Å². The molecule has 1 atom stereocenters. The lowest BCUT2D eigenvalue weighted by Gasteiger charge is -2.09. The van der Waals surface area contributed by atoms with Gasteiger partial charge in [-0.1, -0.05) is 23.3 Å². The highest BCUT2D eigenvalue weighted by Crippen LogP contribution is 2.28. The van der Waals surface area contributed by atoms with Crippen LogP contribution in [0.3, 0.4) is 0 Å². The van der Waals surface area contributed by atoms with Crippen molar-refractivity contribution in [1.82, 2.24) is 10.2 Å². The zero-order valence-electron chi connectivity index (χ0n) is 10.5. The number of nitrogens with one attached hydrogen (secondary N) is 1. The molecule has 1 aliphatic heterocycles. The number of nitrogens with two attached hydrogens (primary N) is 1. The Bertz CT molecular complexity index is 530. The first-order chi connectivity index (χ1) is 9.35. The van der Waals surface area contributed by atoms with Crippen molar-refractivity contribution in [2.75, 3.05) is 18.4 Å². The fraction of sp³-hybridized carbons (Fsp3) is 0.385. The summed E-state index contributed by atoms with van der Waals surface area (Å²) in [6.07, 6.45) is 1.59. The molecule has 0 spiro atoms. The maximum Gasteiger partial charge on any atom is 0.315 e. The maximum absolute atomic E-state index is 5.81. The van der Waals surface area contributed by atoms with E-state index < -0.39 is 0 Å². The van der Waals surface area contributed by atoms with Crippen LogP contribution >= 0.6 is 0 Å². The molecule has 0 bridgehead atoms. The van der Waals surface area contributed by atoms with Gasteiger partial charge in [0.05, 0.1) is 6.54 Å². The third-order valence-corrected chi connectivity index (χ3v) is 3.02. The van der Waals surface area contributed by atoms with Gasteiger partial charge in [0.25, 0.3) is 0 Å². The Labute approximate surface area is 111 Å². The molecule has 0 saturated heterocycles. The van der Waals surface area contributed by atoms with Crippen molar-refractivity contribution in [2.45, 2.75) is 18.9 Å². The summed E-state index contributed by atoms with van der Waals surface area (Å²) in [5.74, 6) is 1.52. The predicted octanol–water partition coefficient (Wildman–Crippen LogP) is 0.986. The SMILES string of the molecule is NCCc1nnc(NCC2Cc3ccccc3O2)o1. The second-order valence-corrected chi connectivity index (χ2v) is 4.47. The summed E-state index contributed by atoms with van der Waals surface area (Å²) < 4.78 is 11.2. The molecule has 0 saturated carbocycles. The molecule has 2 aromatic rings. The molecule has 0 aliphatic carbocycles. The van der Waals surface area contributed by atoms with E-state index in [0.717, 1.165) is 12.2 Å². The molecule has 2 heterocycles. The summed E-state index contributed by atoms with van der Waals surface area (Å²) in [7, 11) is 0. The Kier molecular flexibility index (Phi) is 3.33. The van der Waals surface area contributed by atoms with Gasteiger partial charge in [-0.3, -0.25) is 0 Å². The van der Waals surface area contributed by atoms with E-state index in [0.29, 0.717) is 31.4 Å². The van der Waals surface area contributed by atoms with Crippen molar-refractivity contribution < 1.29 is 9.15 Å². The van der Waals surface area contributed by atoms with Gasteiger partial charge in [0.1, 0.15) is 11.9 Å². The van der Waals surface area contributed by atoms with Crippen molar-refractivity contribution in [3.05, 3.63) is 35.7 Å². The Morgan fingerprint density at radius 1 is 1.32 bits per heavy atom. The van der Waals surface area contributed by atoms with Crippen LogP contribution in [0.1, 0.15) is 11.5 Å². The van der Waals surface area contributed by atoms with Crippen LogP contribution in [0.5, 0.6) is 5.75 Å². The highest BCUT2D eigenvalue weighted by Gasteiger charge is 2.22. The standard InChI is InChI=1S/C13H16N4O2/c14-6-5-12-16-17-13(19-12)15-8-10-7-9-3-1-2-4-11(9)18-10/h1-4,10H,5-8,14H2,(H,15,17). The number of aromatic nitrogens is 2. The van der Waals surface area contributed by atoms with Crippen LogP contribution in [0.15, 0.2) is 28.7 Å². The number of nitrogens with zero attached hydrogens (tertiary/aromatic N) is 2. The molecule has 6 heteroatoms. The predicted molar refractivity (Wildman–Crippen MR) is 70.1 cm³/mol. The van der Waals surface area contributed by atoms with Gasteiger partial charge in [0.2, 0.25) is 5.89 Å². The number of ether oxygens (including phenoxy) is 1. The van der Waals surface area contributed by atoms with Crippen molar-refractivity contribution in [2.24, 2.45) is 5.73 Å². The van der Waals surface area contributed by atoms with Gasteiger partial charge < -0.3 is 20.2 Å². The summed E-state index contributed by atoms with van der Waals surface area (Å²) >= 11 is 0. The Balaban J connectivity index is 1.53. The molecule has 0 radical (unpaired) electrons. The van der Waals surface area contributed by atoms with Gasteiger partial charge in [0, 0.05) is 19.4 Å². The fourth-order valence-electron chi connectivity index (χ4n) is 2.12. The van der Waals surface area contributed by atoms with Crippen LogP contribution in [0, 0.1) is 0 Å². The van der Waals surface area contributed by atoms with E-state index in [9.17, 15) is 0 Å². The van der Waals surface area contributed by atoms with E-state index in [4.69, 9.17) is 14.9 Å². The van der Waals surface area contributed by atoms with Gasteiger partial charge >= 0.3 is 6.01 Å². The Morgan fingerprint density at radius 3 is 3.05 bits per heavy atom. The fourth-order valence-corrected chi connectivity index (χ4v) is 2.12. The molecule has 0 fully saturated rings. The molecule has 100 valence electrons. The number of para-hydroxylation sites is 1. The van der Waals surface area contributed by atoms with Crippen molar-refractivity contribution in [3.63, 3.8) is 0 Å². The number of hydrogen-bond donors (Lipinski definition) is 2. The number of fused-ring (bicyclic) bond motifs is 1. The minimum Gasteiger partial charge on any atom is -0.488 e. The minimum atomic E-state index is 0.0993. The molecule has 1 aliphatic rings. The topological polar surface area (TPSA) is 86.2 Å². The van der Waals surface area contributed by atoms with E-state index in [1.165, 1.54) is 5.56 Å². The van der Waals surface area contributed by atoms with E-state index >= 15 is 0 Å². The molecule has 19 heavy (non-hydrogen) atoms. The van der Waals surface area contributed by atoms with E-state index in [1.807, 2.05) is 18.2 Å². The largest absolute Gasteiger partial charge is 0.488 e. The van der Waals surface area contributed by atoms with Crippen LogP contribution < -0.4 is 15.8 Å². The van der Waals surface area contributed by atoms with E-state index in [2.05, 4.69) is 21.6 Å². The van der Waals surface area contributed by atoms with Crippen LogP contribution in [0.25, 0.3) is 0 Å². The molecular formula is C13H16N4O2. The highest BCUT2D eigenvalue weighted by molar-refractivity contribution is 5.37. The van der Waals surface area contributed by atoms with Gasteiger partial charge in [-0.05, 0) is 11.6 Å². The van der Waals surface area contributed by atoms with Crippen LogP contribution in [-0.4, -0.2) is 29.4 Å². The lowest BCUT2D eigenvalue weighted by atomic mass is 10.1. The zero-order chi connectivity index (χ0) is 13.1. The van der Waals surface area contributed by atoms with Gasteiger partial charge in [-0.15, -0.1) is 5.10 Å². The highest BCUT2D eigenvalue weighted by atomic mass is 16.5. The monoisotopic (exact) mass is 260 g/mol. The lowest BCUT2D eigenvalue weighted by Crippen LogP contribution is -2.24. The second-order valence-electron chi connectivity index (χ2n) is 4.47. The first-order valence-corrected chi connectivity index (χ1v) is 6.36. The lowest BCUT2D eigenvalue weighted by molar-refractivity contribution is 0.245. The first kappa shape index (κ1) is 12.0. The van der Waals surface area contributed by atoms with Gasteiger partial charge in [-0.2, -0.15) is 0 Å². The zero-order valence-corrected chi connectivity index (χ0v) is 10.5. The normalized spacial score (nSPS) is 17.0. The molecule has 3 N–H and O–H groups in total.